The number of hydrogen-bond acceptors (Lipinski definition) is 37. The number of amides is 4. The van der Waals surface area contributed by atoms with Gasteiger partial charge in [0.1, 0.15) is 158 Å². The lowest BCUT2D eigenvalue weighted by Gasteiger charge is -2.48. The van der Waals surface area contributed by atoms with Gasteiger partial charge >= 0.3 is 5.97 Å². The number of carboxylic acid groups (broad SMARTS) is 1. The maximum Gasteiger partial charge on any atom is 0.335 e. The quantitative estimate of drug-likeness (QED) is 0.0243. The van der Waals surface area contributed by atoms with Gasteiger partial charge in [-0.15, -0.1) is 0 Å². The Labute approximate surface area is 632 Å². The topological polar surface area (TPSA) is 647 Å². The number of hydrogen-bond donors (Lipinski definition) is 23. The van der Waals surface area contributed by atoms with Crippen molar-refractivity contribution in [1.29, 1.82) is 0 Å². The molecule has 6 heterocycles. The van der Waals surface area contributed by atoms with E-state index in [0.29, 0.717) is 22.3 Å². The van der Waals surface area contributed by atoms with Gasteiger partial charge in [0.05, 0.1) is 58.4 Å². The van der Waals surface area contributed by atoms with Gasteiger partial charge in [-0.05, 0) is 65.4 Å². The average molecular weight is 1590 g/mol. The smallest absolute Gasteiger partial charge is 0.335 e. The van der Waals surface area contributed by atoms with E-state index in [1.165, 1.54) is 18.2 Å². The summed E-state index contributed by atoms with van der Waals surface area (Å²) in [7, 11) is 0. The second kappa shape index (κ2) is 41.1. The van der Waals surface area contributed by atoms with Crippen LogP contribution in [-0.4, -0.2) is 390 Å². The van der Waals surface area contributed by atoms with Gasteiger partial charge in [-0.3, -0.25) is 19.2 Å². The van der Waals surface area contributed by atoms with Gasteiger partial charge in [-0.25, -0.2) is 4.79 Å². The van der Waals surface area contributed by atoms with Crippen molar-refractivity contribution in [2.24, 2.45) is 0 Å². The van der Waals surface area contributed by atoms with E-state index in [0.717, 1.165) is 13.8 Å². The minimum atomic E-state index is -2.05. The fraction of sp³-hybridized carbons (Fsp3) is 0.667. The first-order chi connectivity index (χ1) is 53.0. The minimum Gasteiger partial charge on any atom is -0.484 e. The second-order valence-electron chi connectivity index (χ2n) is 27.0. The molecule has 6 aliphatic heterocycles. The van der Waals surface area contributed by atoms with Gasteiger partial charge in [-0.2, -0.15) is 0 Å². The van der Waals surface area contributed by atoms with Gasteiger partial charge in [0.15, 0.2) is 51.0 Å². The van der Waals surface area contributed by atoms with Crippen LogP contribution in [0, 0.1) is 0 Å². The van der Waals surface area contributed by atoms with E-state index in [2.05, 4.69) is 21.3 Å². The number of aromatic carboxylic acids is 1. The van der Waals surface area contributed by atoms with Crippen LogP contribution in [0.15, 0.2) is 66.7 Å². The minimum absolute atomic E-state index is 0.0415. The van der Waals surface area contributed by atoms with E-state index >= 15 is 0 Å². The lowest BCUT2D eigenvalue weighted by atomic mass is 9.95. The molecule has 0 aromatic heterocycles. The first-order valence-corrected chi connectivity index (χ1v) is 35.6. The summed E-state index contributed by atoms with van der Waals surface area (Å²) in [6, 6.07) is 14.9. The van der Waals surface area contributed by atoms with E-state index in [1.54, 1.807) is 48.5 Å². The zero-order valence-corrected chi connectivity index (χ0v) is 59.8. The Morgan fingerprint density at radius 2 is 0.712 bits per heavy atom. The van der Waals surface area contributed by atoms with Crippen LogP contribution in [0.5, 0.6) is 11.5 Å². The molecule has 42 heteroatoms. The van der Waals surface area contributed by atoms with Gasteiger partial charge in [0.25, 0.3) is 11.8 Å². The first-order valence-electron chi connectivity index (χ1n) is 35.6. The van der Waals surface area contributed by atoms with Crippen LogP contribution in [0.3, 0.4) is 0 Å². The first kappa shape index (κ1) is 88.4. The van der Waals surface area contributed by atoms with Crippen molar-refractivity contribution in [3.05, 3.63) is 72.3 Å². The molecule has 0 radical (unpaired) electrons. The van der Waals surface area contributed by atoms with Crippen LogP contribution in [0.4, 0.5) is 0 Å². The van der Waals surface area contributed by atoms with Gasteiger partial charge in [0.2, 0.25) is 11.8 Å². The third-order valence-corrected chi connectivity index (χ3v) is 19.1. The fourth-order valence-electron chi connectivity index (χ4n) is 13.2. The lowest BCUT2D eigenvalue weighted by Crippen LogP contribution is -2.68. The number of benzene rings is 3. The number of rotatable bonds is 35. The Morgan fingerprint density at radius 3 is 1.09 bits per heavy atom. The molecule has 42 nitrogen and oxygen atoms in total. The van der Waals surface area contributed by atoms with E-state index in [1.807, 2.05) is 0 Å². The molecule has 0 aliphatic carbocycles. The summed E-state index contributed by atoms with van der Waals surface area (Å²) < 4.78 is 80.7. The van der Waals surface area contributed by atoms with Crippen LogP contribution in [0.2, 0.25) is 0 Å². The van der Waals surface area contributed by atoms with E-state index in [9.17, 15) is 121 Å². The monoisotopic (exact) mass is 1590 g/mol. The highest BCUT2D eigenvalue weighted by molar-refractivity contribution is 5.89. The van der Waals surface area contributed by atoms with Crippen molar-refractivity contribution < 1.29 is 187 Å². The SMILES string of the molecule is CC(=O)NC1[C@H](OCCCNC(=O)COc2cc(OCC(=O)NCCCO[C@@H]3OC(CO)[C@@H](O[C@@H]4OC(CO)[C@H](O)[C@H](O[C@H]5OC(CO)[C@H](O)[C@H](O)C5O)C4O)[C@H](O)C3NC(C)=O)cc(-c3cccc(-c4cccc(C(=O)O)c4)c3)c2)OC(CO)[C@@H](O[C@@H]2OC(CO)[C@H](O)[C@H](O[C@H]3OC(CO)[C@H](O)[C@H](O)C3O)C2O)[C@@H]1O. The molecular formula is C69H98N4O38. The molecule has 4 amide bonds. The highest BCUT2D eigenvalue weighted by Crippen LogP contribution is 2.38. The van der Waals surface area contributed by atoms with Gasteiger partial charge in [-0.1, -0.05) is 30.3 Å². The van der Waals surface area contributed by atoms with Crippen molar-refractivity contribution in [1.82, 2.24) is 21.3 Å². The number of aliphatic hydroxyl groups is 18. The molecule has 111 heavy (non-hydrogen) atoms. The molecule has 6 saturated heterocycles. The van der Waals surface area contributed by atoms with Crippen molar-refractivity contribution in [3.63, 3.8) is 0 Å². The third kappa shape index (κ3) is 22.1. The maximum atomic E-state index is 13.4. The van der Waals surface area contributed by atoms with Crippen LogP contribution in [0.25, 0.3) is 22.3 Å². The standard InChI is InChI=1S/C69H98N4O38/c1-28(80)72-45-51(88)59(108-68-57(94)61(49(86)39(22-76)104-68)110-66-55(92)53(90)47(84)37(20-74)102-66)41(24-78)106-64(45)98-13-5-11-70-43(82)26-100-35-17-34(32-9-3-7-30(15-32)31-8-4-10-33(16-31)63(96)97)18-36(19-35)101-27-44(83)71-12-6-14-99-65-46(73-29(2)81)52(89)60(42(25-79)107-65)109-69-58(95)62(50(87)40(23-77)105-69)111-67-56(93)54(91)48(85)38(21-75)103-67/h3-4,7-10,15-19,37-42,45-62,64-69,74-79,84-95H,5-6,11-14,20-27H2,1-2H3,(H,70,82)(H,71,83)(H,72,80)(H,73,81)(H,96,97)/t37?,38?,39?,40?,41?,42?,45?,46?,47-,48-,49-,50-,51+,52+,53-,54-,55?,56?,57?,58?,59+,60+,61-,62-,64+,65+,66+,67+,68-,69-/m0/s1. The van der Waals surface area contributed by atoms with Crippen molar-refractivity contribution >= 4 is 29.6 Å². The molecule has 12 unspecified atom stereocenters. The Bertz CT molecular complexity index is 3310. The molecule has 6 aliphatic rings. The highest BCUT2D eigenvalue weighted by Gasteiger charge is 2.57. The largest absolute Gasteiger partial charge is 0.484 e. The zero-order valence-electron chi connectivity index (χ0n) is 59.8. The van der Waals surface area contributed by atoms with E-state index < -0.39 is 267 Å². The van der Waals surface area contributed by atoms with Crippen molar-refractivity contribution in [2.75, 3.05) is 79.2 Å². The Kier molecular flexibility index (Phi) is 32.7. The van der Waals surface area contributed by atoms with Crippen LogP contribution in [-0.2, 0) is 76.0 Å². The molecule has 622 valence electrons. The second-order valence-corrected chi connectivity index (χ2v) is 27.0. The maximum absolute atomic E-state index is 13.4. The van der Waals surface area contributed by atoms with Gasteiger partial charge < -0.3 is 185 Å². The fourth-order valence-corrected chi connectivity index (χ4v) is 13.2. The zero-order chi connectivity index (χ0) is 80.7. The van der Waals surface area contributed by atoms with Crippen LogP contribution >= 0.6 is 0 Å². The summed E-state index contributed by atoms with van der Waals surface area (Å²) in [4.78, 5) is 63.6. The molecule has 0 saturated carbocycles. The molecule has 23 N–H and O–H groups in total. The summed E-state index contributed by atoms with van der Waals surface area (Å²) in [5.74, 6) is -3.61. The number of aliphatic hydroxyl groups excluding tert-OH is 18. The number of carbonyl (C=O) groups excluding carboxylic acids is 4. The molecule has 0 bridgehead atoms. The number of carbonyl (C=O) groups is 5. The molecule has 9 rings (SSSR count). The lowest BCUT2D eigenvalue weighted by molar-refractivity contribution is -0.376. The summed E-state index contributed by atoms with van der Waals surface area (Å²) in [5, 5.41) is 211. The molecule has 3 aromatic rings. The van der Waals surface area contributed by atoms with Crippen LogP contribution in [0.1, 0.15) is 37.0 Å². The molecule has 6 fully saturated rings. The Morgan fingerprint density at radius 1 is 0.369 bits per heavy atom. The molecule has 0 spiro atoms. The summed E-state index contributed by atoms with van der Waals surface area (Å²) >= 11 is 0. The molecule has 30 atom stereocenters. The normalized spacial score (nSPS) is 36.5. The average Bonchev–Trinajstić information content (AvgIpc) is 0.777. The Balaban J connectivity index is 0.780. The van der Waals surface area contributed by atoms with Crippen LogP contribution < -0.4 is 30.7 Å². The number of ether oxygens (including phenoxy) is 14. The van der Waals surface area contributed by atoms with Crippen molar-refractivity contribution in [3.8, 4) is 33.8 Å². The molecule has 3 aromatic carbocycles. The number of carboxylic acids is 1. The van der Waals surface area contributed by atoms with E-state index in [4.69, 9.17) is 66.3 Å². The summed E-state index contributed by atoms with van der Waals surface area (Å²) in [5.41, 5.74) is 2.27. The summed E-state index contributed by atoms with van der Waals surface area (Å²) in [6.45, 7) is -4.70. The highest BCUT2D eigenvalue weighted by atomic mass is 16.8. The van der Waals surface area contributed by atoms with Crippen molar-refractivity contribution in [2.45, 2.75) is 211 Å². The third-order valence-electron chi connectivity index (χ3n) is 19.1. The van der Waals surface area contributed by atoms with Gasteiger partial charge in [0, 0.05) is 33.0 Å². The molecular weight excluding hydrogens is 1490 g/mol. The van der Waals surface area contributed by atoms with E-state index in [-0.39, 0.29) is 56.2 Å². The predicted molar refractivity (Wildman–Crippen MR) is 364 cm³/mol. The summed E-state index contributed by atoms with van der Waals surface area (Å²) in [6.07, 6.45) is -49.3. The Hall–Kier alpha value is -6.59. The predicted octanol–water partition coefficient (Wildman–Crippen LogP) is -10.3. The number of nitrogens with one attached hydrogen (secondary N) is 4.